The van der Waals surface area contributed by atoms with Crippen molar-refractivity contribution < 1.29 is 9.47 Å². The largest absolute Gasteiger partial charge is 0.491 e. The Labute approximate surface area is 145 Å². The molecule has 1 N–H and O–H groups in total. The van der Waals surface area contributed by atoms with E-state index in [9.17, 15) is 0 Å². The lowest BCUT2D eigenvalue weighted by atomic mass is 9.78. The molecule has 2 aliphatic rings. The Hall–Kier alpha value is -0.810. The zero-order chi connectivity index (χ0) is 15.3. The molecule has 130 valence electrons. The highest BCUT2D eigenvalue weighted by atomic mass is 35.5. The molecule has 1 spiro atoms. The van der Waals surface area contributed by atoms with Crippen molar-refractivity contribution in [3.8, 4) is 5.75 Å². The number of likely N-dealkylation sites (tertiary alicyclic amines) is 1. The van der Waals surface area contributed by atoms with Crippen molar-refractivity contribution in [2.75, 3.05) is 46.5 Å². The number of halogens is 1. The number of nitrogens with zero attached hydrogens (tertiary/aromatic N) is 1. The van der Waals surface area contributed by atoms with E-state index in [0.29, 0.717) is 18.6 Å². The minimum absolute atomic E-state index is 0. The number of methoxy groups -OCH3 is 1. The van der Waals surface area contributed by atoms with Gasteiger partial charge in [-0.2, -0.15) is 0 Å². The summed E-state index contributed by atoms with van der Waals surface area (Å²) in [5.41, 5.74) is 1.93. The number of piperidine rings is 1. The van der Waals surface area contributed by atoms with Crippen LogP contribution in [0, 0.1) is 5.41 Å². The van der Waals surface area contributed by atoms with Gasteiger partial charge in [0.2, 0.25) is 0 Å². The zero-order valence-corrected chi connectivity index (χ0v) is 14.9. The van der Waals surface area contributed by atoms with Crippen molar-refractivity contribution in [2.45, 2.75) is 25.8 Å². The van der Waals surface area contributed by atoms with Crippen LogP contribution in [0.15, 0.2) is 24.3 Å². The fraction of sp³-hybridized carbons (Fsp3) is 0.667. The highest BCUT2D eigenvalue weighted by Gasteiger charge is 2.38. The molecule has 5 heteroatoms. The minimum atomic E-state index is 0. The van der Waals surface area contributed by atoms with Gasteiger partial charge in [-0.05, 0) is 62.0 Å². The first-order valence-corrected chi connectivity index (χ1v) is 8.43. The van der Waals surface area contributed by atoms with E-state index in [4.69, 9.17) is 9.47 Å². The normalized spacial score (nSPS) is 20.4. The predicted octanol–water partition coefficient (Wildman–Crippen LogP) is 2.71. The third kappa shape index (κ3) is 5.08. The van der Waals surface area contributed by atoms with E-state index in [0.717, 1.165) is 12.3 Å². The van der Waals surface area contributed by atoms with E-state index >= 15 is 0 Å². The first kappa shape index (κ1) is 18.5. The lowest BCUT2D eigenvalue weighted by molar-refractivity contribution is 0.146. The molecule has 3 rings (SSSR count). The van der Waals surface area contributed by atoms with E-state index in [-0.39, 0.29) is 12.4 Å². The van der Waals surface area contributed by atoms with Gasteiger partial charge in [0.05, 0.1) is 6.61 Å². The molecule has 0 unspecified atom stereocenters. The lowest BCUT2D eigenvalue weighted by Gasteiger charge is -2.34. The molecule has 0 saturated carbocycles. The molecular formula is C18H29ClN2O2. The van der Waals surface area contributed by atoms with Gasteiger partial charge in [-0.25, -0.2) is 0 Å². The van der Waals surface area contributed by atoms with Crippen molar-refractivity contribution in [2.24, 2.45) is 5.41 Å². The summed E-state index contributed by atoms with van der Waals surface area (Å²) in [6.45, 7) is 7.15. The van der Waals surface area contributed by atoms with Crippen molar-refractivity contribution in [3.63, 3.8) is 0 Å². The third-order valence-corrected chi connectivity index (χ3v) is 5.04. The van der Waals surface area contributed by atoms with E-state index in [1.165, 1.54) is 51.0 Å². The first-order valence-electron chi connectivity index (χ1n) is 8.43. The van der Waals surface area contributed by atoms with Gasteiger partial charge in [-0.1, -0.05) is 12.1 Å². The summed E-state index contributed by atoms with van der Waals surface area (Å²) in [5, 5.41) is 3.49. The van der Waals surface area contributed by atoms with Gasteiger partial charge < -0.3 is 14.8 Å². The monoisotopic (exact) mass is 340 g/mol. The second-order valence-electron chi connectivity index (χ2n) is 6.70. The van der Waals surface area contributed by atoms with Crippen LogP contribution in [0.25, 0.3) is 0 Å². The Morgan fingerprint density at radius 1 is 1.17 bits per heavy atom. The molecule has 2 fully saturated rings. The van der Waals surface area contributed by atoms with Gasteiger partial charge in [-0.15, -0.1) is 12.4 Å². The fourth-order valence-corrected chi connectivity index (χ4v) is 3.76. The van der Waals surface area contributed by atoms with E-state index in [1.807, 2.05) is 6.07 Å². The molecule has 0 amide bonds. The molecule has 0 aliphatic carbocycles. The maximum absolute atomic E-state index is 5.71. The van der Waals surface area contributed by atoms with Crippen LogP contribution in [-0.4, -0.2) is 51.4 Å². The first-order chi connectivity index (χ1) is 10.8. The van der Waals surface area contributed by atoms with Crippen LogP contribution in [0.3, 0.4) is 0 Å². The Balaban J connectivity index is 0.00000192. The van der Waals surface area contributed by atoms with Crippen molar-refractivity contribution in [3.05, 3.63) is 29.8 Å². The summed E-state index contributed by atoms with van der Waals surface area (Å²) in [6, 6.07) is 8.49. The smallest absolute Gasteiger partial charge is 0.119 e. The van der Waals surface area contributed by atoms with Crippen LogP contribution in [0.1, 0.15) is 24.8 Å². The molecule has 2 saturated heterocycles. The number of hydrogen-bond acceptors (Lipinski definition) is 4. The van der Waals surface area contributed by atoms with Crippen molar-refractivity contribution in [1.29, 1.82) is 0 Å². The molecule has 2 aliphatic heterocycles. The van der Waals surface area contributed by atoms with Crippen LogP contribution in [0.2, 0.25) is 0 Å². The summed E-state index contributed by atoms with van der Waals surface area (Å²) in [7, 11) is 1.70. The Kier molecular flexibility index (Phi) is 7.15. The van der Waals surface area contributed by atoms with Gasteiger partial charge in [-0.3, -0.25) is 4.90 Å². The standard InChI is InChI=1S/C18H28N2O2.ClH/c1-21-11-12-22-17-4-2-3-16(13-17)14-20-10-7-18(15-20)5-8-19-9-6-18;/h2-4,13,19H,5-12,14-15H2,1H3;1H. The Bertz CT molecular complexity index is 478. The summed E-state index contributed by atoms with van der Waals surface area (Å²) in [5.74, 6) is 0.949. The fourth-order valence-electron chi connectivity index (χ4n) is 3.76. The third-order valence-electron chi connectivity index (χ3n) is 5.04. The molecule has 0 bridgehead atoms. The Morgan fingerprint density at radius 3 is 2.78 bits per heavy atom. The van der Waals surface area contributed by atoms with Crippen LogP contribution >= 0.6 is 12.4 Å². The van der Waals surface area contributed by atoms with Crippen molar-refractivity contribution in [1.82, 2.24) is 10.2 Å². The van der Waals surface area contributed by atoms with E-state index in [1.54, 1.807) is 7.11 Å². The van der Waals surface area contributed by atoms with Gasteiger partial charge in [0.1, 0.15) is 12.4 Å². The number of rotatable bonds is 6. The van der Waals surface area contributed by atoms with Crippen LogP contribution in [0.4, 0.5) is 0 Å². The molecule has 0 atom stereocenters. The number of benzene rings is 1. The lowest BCUT2D eigenvalue weighted by Crippen LogP contribution is -2.38. The van der Waals surface area contributed by atoms with Crippen LogP contribution in [0.5, 0.6) is 5.75 Å². The van der Waals surface area contributed by atoms with E-state index in [2.05, 4.69) is 28.4 Å². The van der Waals surface area contributed by atoms with Gasteiger partial charge in [0.25, 0.3) is 0 Å². The van der Waals surface area contributed by atoms with Crippen LogP contribution < -0.4 is 10.1 Å². The summed E-state index contributed by atoms with van der Waals surface area (Å²) >= 11 is 0. The van der Waals surface area contributed by atoms with Gasteiger partial charge >= 0.3 is 0 Å². The quantitative estimate of drug-likeness (QED) is 0.807. The predicted molar refractivity (Wildman–Crippen MR) is 95.5 cm³/mol. The summed E-state index contributed by atoms with van der Waals surface area (Å²) < 4.78 is 10.7. The van der Waals surface area contributed by atoms with Gasteiger partial charge in [0, 0.05) is 20.2 Å². The second kappa shape index (κ2) is 8.88. The highest BCUT2D eigenvalue weighted by Crippen LogP contribution is 2.39. The summed E-state index contributed by atoms with van der Waals surface area (Å²) in [4.78, 5) is 2.61. The molecule has 0 aromatic heterocycles. The number of nitrogens with one attached hydrogen (secondary N) is 1. The van der Waals surface area contributed by atoms with Crippen molar-refractivity contribution >= 4 is 12.4 Å². The molecule has 1 aromatic carbocycles. The van der Waals surface area contributed by atoms with Crippen LogP contribution in [-0.2, 0) is 11.3 Å². The maximum Gasteiger partial charge on any atom is 0.119 e. The molecular weight excluding hydrogens is 312 g/mol. The molecule has 4 nitrogen and oxygen atoms in total. The average molecular weight is 341 g/mol. The molecule has 0 radical (unpaired) electrons. The number of ether oxygens (including phenoxy) is 2. The number of hydrogen-bond donors (Lipinski definition) is 1. The molecule has 23 heavy (non-hydrogen) atoms. The van der Waals surface area contributed by atoms with Gasteiger partial charge in [0.15, 0.2) is 0 Å². The minimum Gasteiger partial charge on any atom is -0.491 e. The summed E-state index contributed by atoms with van der Waals surface area (Å²) in [6.07, 6.45) is 4.03. The molecule has 2 heterocycles. The SMILES string of the molecule is COCCOc1cccc(CN2CCC3(CCNCC3)C2)c1.Cl. The average Bonchev–Trinajstić information content (AvgIpc) is 2.91. The topological polar surface area (TPSA) is 33.7 Å². The Morgan fingerprint density at radius 2 is 2.00 bits per heavy atom. The zero-order valence-electron chi connectivity index (χ0n) is 14.1. The maximum atomic E-state index is 5.71. The second-order valence-corrected chi connectivity index (χ2v) is 6.70. The van der Waals surface area contributed by atoms with E-state index < -0.39 is 0 Å². The molecule has 1 aromatic rings. The highest BCUT2D eigenvalue weighted by molar-refractivity contribution is 5.85.